The van der Waals surface area contributed by atoms with Gasteiger partial charge < -0.3 is 9.52 Å². The molecular weight excluding hydrogens is 186 g/mol. The molecule has 2 rings (SSSR count). The minimum Gasteiger partial charge on any atom is -0.405 e. The summed E-state index contributed by atoms with van der Waals surface area (Å²) < 4.78 is 5.07. The van der Waals surface area contributed by atoms with Crippen LogP contribution in [0.2, 0.25) is 0 Å². The summed E-state index contributed by atoms with van der Waals surface area (Å²) in [6.07, 6.45) is 1.14. The molecule has 0 radical (unpaired) electrons. The van der Waals surface area contributed by atoms with Crippen molar-refractivity contribution in [2.45, 2.75) is 31.3 Å². The highest BCUT2D eigenvalue weighted by atomic mass is 16.6. The van der Waals surface area contributed by atoms with Crippen molar-refractivity contribution in [2.24, 2.45) is 0 Å². The molecule has 1 unspecified atom stereocenters. The van der Waals surface area contributed by atoms with Gasteiger partial charge >= 0.3 is 5.88 Å². The Hall–Kier alpha value is -1.36. The Kier molecular flexibility index (Phi) is 1.85. The minimum atomic E-state index is -0.568. The van der Waals surface area contributed by atoms with E-state index in [0.717, 1.165) is 12.8 Å². The molecule has 1 heterocycles. The first-order valence-corrected chi connectivity index (χ1v) is 4.49. The highest BCUT2D eigenvalue weighted by molar-refractivity contribution is 5.29. The van der Waals surface area contributed by atoms with Crippen molar-refractivity contribution in [2.75, 3.05) is 0 Å². The van der Waals surface area contributed by atoms with Crippen molar-refractivity contribution in [3.63, 3.8) is 0 Å². The predicted octanol–water partition coefficient (Wildman–Crippen LogP) is 1.60. The lowest BCUT2D eigenvalue weighted by Crippen LogP contribution is -2.21. The van der Waals surface area contributed by atoms with Crippen LogP contribution in [0.4, 0.5) is 5.88 Å². The molecule has 0 saturated heterocycles. The number of nitrogens with zero attached hydrogens (tertiary/aromatic N) is 1. The van der Waals surface area contributed by atoms with Crippen LogP contribution in [0.15, 0.2) is 16.5 Å². The molecule has 5 nitrogen and oxygen atoms in total. The minimum absolute atomic E-state index is 0.257. The van der Waals surface area contributed by atoms with Gasteiger partial charge in [-0.1, -0.05) is 0 Å². The summed E-state index contributed by atoms with van der Waals surface area (Å²) in [5.74, 6) is 0.270. The van der Waals surface area contributed by atoms with Crippen LogP contribution in [0, 0.1) is 10.1 Å². The highest BCUT2D eigenvalue weighted by Gasteiger charge is 2.51. The second-order valence-electron chi connectivity index (χ2n) is 3.73. The van der Waals surface area contributed by atoms with Crippen LogP contribution in [0.25, 0.3) is 0 Å². The Morgan fingerprint density at radius 1 is 1.64 bits per heavy atom. The van der Waals surface area contributed by atoms with E-state index in [2.05, 4.69) is 0 Å². The van der Waals surface area contributed by atoms with Crippen LogP contribution in [0.1, 0.15) is 25.5 Å². The molecule has 0 amide bonds. The molecule has 1 atom stereocenters. The zero-order valence-electron chi connectivity index (χ0n) is 7.77. The number of hydrogen-bond acceptors (Lipinski definition) is 4. The summed E-state index contributed by atoms with van der Waals surface area (Å²) in [4.78, 5) is 9.81. The van der Waals surface area contributed by atoms with Gasteiger partial charge in [-0.3, -0.25) is 10.1 Å². The van der Waals surface area contributed by atoms with Gasteiger partial charge in [0.2, 0.25) is 0 Å². The molecule has 0 aromatic carbocycles. The number of nitro groups is 1. The maximum atomic E-state index is 10.4. The lowest BCUT2D eigenvalue weighted by molar-refractivity contribution is -0.402. The van der Waals surface area contributed by atoms with Gasteiger partial charge in [-0.2, -0.15) is 0 Å². The number of rotatable bonds is 3. The molecule has 5 heteroatoms. The van der Waals surface area contributed by atoms with Gasteiger partial charge in [-0.15, -0.1) is 0 Å². The molecule has 0 spiro atoms. The maximum Gasteiger partial charge on any atom is 0.433 e. The van der Waals surface area contributed by atoms with Gasteiger partial charge in [0, 0.05) is 0 Å². The number of furan rings is 1. The van der Waals surface area contributed by atoms with Crippen molar-refractivity contribution in [3.8, 4) is 0 Å². The fourth-order valence-electron chi connectivity index (χ4n) is 1.70. The number of aliphatic hydroxyl groups excluding tert-OH is 1. The van der Waals surface area contributed by atoms with Crippen LogP contribution in [0.3, 0.4) is 0 Å². The van der Waals surface area contributed by atoms with Crippen LogP contribution in [0.5, 0.6) is 0 Å². The number of aliphatic hydroxyl groups is 1. The molecular formula is C9H11NO4. The molecule has 1 aliphatic carbocycles. The third-order valence-corrected chi connectivity index (χ3v) is 2.85. The Morgan fingerprint density at radius 2 is 2.29 bits per heavy atom. The summed E-state index contributed by atoms with van der Waals surface area (Å²) in [5.41, 5.74) is -0.367. The number of hydrogen-bond donors (Lipinski definition) is 1. The molecule has 0 bridgehead atoms. The molecule has 1 aliphatic rings. The van der Waals surface area contributed by atoms with Gasteiger partial charge in [0.1, 0.15) is 10.7 Å². The SMILES string of the molecule is CC(O)C1(c2ccc([N+](=O)[O-])o2)CC1. The third kappa shape index (κ3) is 1.21. The molecule has 76 valence electrons. The van der Waals surface area contributed by atoms with Crippen molar-refractivity contribution in [3.05, 3.63) is 28.0 Å². The van der Waals surface area contributed by atoms with E-state index in [9.17, 15) is 15.2 Å². The maximum absolute atomic E-state index is 10.4. The smallest absolute Gasteiger partial charge is 0.405 e. The van der Waals surface area contributed by atoms with Crippen molar-refractivity contribution < 1.29 is 14.4 Å². The van der Waals surface area contributed by atoms with Gasteiger partial charge in [0.05, 0.1) is 17.6 Å². The van der Waals surface area contributed by atoms with E-state index in [-0.39, 0.29) is 11.3 Å². The van der Waals surface area contributed by atoms with Gasteiger partial charge in [-0.05, 0) is 25.8 Å². The fourth-order valence-corrected chi connectivity index (χ4v) is 1.70. The first-order chi connectivity index (χ1) is 6.56. The molecule has 1 aromatic heterocycles. The van der Waals surface area contributed by atoms with Gasteiger partial charge in [0.25, 0.3) is 0 Å². The topological polar surface area (TPSA) is 76.5 Å². The van der Waals surface area contributed by atoms with Gasteiger partial charge in [-0.25, -0.2) is 0 Å². The molecule has 0 aliphatic heterocycles. The van der Waals surface area contributed by atoms with Crippen molar-refractivity contribution >= 4 is 5.88 Å². The largest absolute Gasteiger partial charge is 0.433 e. The van der Waals surface area contributed by atoms with Crippen LogP contribution < -0.4 is 0 Å². The lowest BCUT2D eigenvalue weighted by Gasteiger charge is -2.14. The standard InChI is InChI=1S/C9H11NO4/c1-6(11)9(4-5-9)7-2-3-8(14-7)10(12)13/h2-3,6,11H,4-5H2,1H3. The van der Waals surface area contributed by atoms with E-state index in [1.54, 1.807) is 13.0 Å². The molecule has 1 fully saturated rings. The van der Waals surface area contributed by atoms with Crippen molar-refractivity contribution in [1.82, 2.24) is 0 Å². The Bertz CT molecular complexity index is 365. The van der Waals surface area contributed by atoms with Gasteiger partial charge in [0.15, 0.2) is 0 Å². The Labute approximate surface area is 80.5 Å². The fraction of sp³-hybridized carbons (Fsp3) is 0.556. The molecule has 1 saturated carbocycles. The van der Waals surface area contributed by atoms with Crippen molar-refractivity contribution in [1.29, 1.82) is 0 Å². The van der Waals surface area contributed by atoms with Crippen LogP contribution in [-0.4, -0.2) is 16.1 Å². The average molecular weight is 197 g/mol. The van der Waals surface area contributed by atoms with Crippen LogP contribution >= 0.6 is 0 Å². The van der Waals surface area contributed by atoms with E-state index < -0.39 is 11.0 Å². The monoisotopic (exact) mass is 197 g/mol. The predicted molar refractivity (Wildman–Crippen MR) is 48.0 cm³/mol. The molecule has 1 N–H and O–H groups in total. The first kappa shape index (κ1) is 9.21. The summed E-state index contributed by atoms with van der Waals surface area (Å²) in [5, 5.41) is 19.9. The summed E-state index contributed by atoms with van der Waals surface area (Å²) >= 11 is 0. The first-order valence-electron chi connectivity index (χ1n) is 4.49. The Balaban J connectivity index is 2.29. The third-order valence-electron chi connectivity index (χ3n) is 2.85. The van der Waals surface area contributed by atoms with E-state index in [4.69, 9.17) is 4.42 Å². The van der Waals surface area contributed by atoms with E-state index in [1.165, 1.54) is 6.07 Å². The summed E-state index contributed by atoms with van der Waals surface area (Å²) in [7, 11) is 0. The molecule has 1 aromatic rings. The van der Waals surface area contributed by atoms with Crippen LogP contribution in [-0.2, 0) is 5.41 Å². The molecule has 14 heavy (non-hydrogen) atoms. The zero-order chi connectivity index (χ0) is 10.3. The highest BCUT2D eigenvalue weighted by Crippen LogP contribution is 2.51. The zero-order valence-corrected chi connectivity index (χ0v) is 7.77. The van der Waals surface area contributed by atoms with E-state index in [0.29, 0.717) is 5.76 Å². The Morgan fingerprint density at radius 3 is 2.64 bits per heavy atom. The lowest BCUT2D eigenvalue weighted by atomic mass is 9.98. The summed E-state index contributed by atoms with van der Waals surface area (Å²) in [6.45, 7) is 1.68. The normalized spacial score (nSPS) is 20.4. The van der Waals surface area contributed by atoms with E-state index >= 15 is 0 Å². The average Bonchev–Trinajstić information content (AvgIpc) is 2.77. The quantitative estimate of drug-likeness (QED) is 0.589. The second kappa shape index (κ2) is 2.81. The van der Waals surface area contributed by atoms with E-state index in [1.807, 2.05) is 0 Å². The summed E-state index contributed by atoms with van der Waals surface area (Å²) in [6, 6.07) is 2.91. The second-order valence-corrected chi connectivity index (χ2v) is 3.73.